The predicted octanol–water partition coefficient (Wildman–Crippen LogP) is 2.38. The Kier molecular flexibility index (Phi) is 4.22. The third kappa shape index (κ3) is 3.35. The summed E-state index contributed by atoms with van der Waals surface area (Å²) < 4.78 is 5.22. The van der Waals surface area contributed by atoms with Crippen molar-refractivity contribution in [3.8, 4) is 0 Å². The molecule has 1 aromatic rings. The average Bonchev–Trinajstić information content (AvgIpc) is 2.15. The Bertz CT molecular complexity index is 248. The van der Waals surface area contributed by atoms with E-state index in [4.69, 9.17) is 22.1 Å². The summed E-state index contributed by atoms with van der Waals surface area (Å²) in [6.07, 6.45) is 0. The van der Waals surface area contributed by atoms with Crippen LogP contribution in [0, 0.1) is 0 Å². The third-order valence-electron chi connectivity index (χ3n) is 1.80. The normalized spacial score (nSPS) is 12.8. The van der Waals surface area contributed by atoms with Crippen LogP contribution in [0.3, 0.4) is 0 Å². The first-order chi connectivity index (χ1) is 6.24. The van der Waals surface area contributed by atoms with Crippen molar-refractivity contribution in [3.05, 3.63) is 34.9 Å². The Morgan fingerprint density at radius 1 is 1.38 bits per heavy atom. The van der Waals surface area contributed by atoms with E-state index in [1.165, 1.54) is 0 Å². The number of hydrogen-bond donors (Lipinski definition) is 1. The highest BCUT2D eigenvalue weighted by Crippen LogP contribution is 2.14. The zero-order valence-electron chi connectivity index (χ0n) is 7.66. The van der Waals surface area contributed by atoms with Crippen LogP contribution in [0.25, 0.3) is 0 Å². The fraction of sp³-hybridized carbons (Fsp3) is 0.400. The molecule has 1 atom stereocenters. The maximum absolute atomic E-state index is 5.86. The van der Waals surface area contributed by atoms with Crippen LogP contribution in [0.15, 0.2) is 24.3 Å². The topological polar surface area (TPSA) is 35.2 Å². The SMILES string of the molecule is CCOCC(N)c1ccc(Cl)cc1. The van der Waals surface area contributed by atoms with Crippen LogP contribution in [0.2, 0.25) is 5.02 Å². The molecule has 0 amide bonds. The van der Waals surface area contributed by atoms with Crippen LogP contribution < -0.4 is 5.73 Å². The number of ether oxygens (including phenoxy) is 1. The maximum Gasteiger partial charge on any atom is 0.0659 e. The molecule has 0 saturated carbocycles. The average molecular weight is 200 g/mol. The molecule has 13 heavy (non-hydrogen) atoms. The van der Waals surface area contributed by atoms with Crippen LogP contribution in [0.1, 0.15) is 18.5 Å². The van der Waals surface area contributed by atoms with Crippen molar-refractivity contribution in [2.24, 2.45) is 5.73 Å². The summed E-state index contributed by atoms with van der Waals surface area (Å²) in [5.74, 6) is 0. The second-order valence-electron chi connectivity index (χ2n) is 2.82. The molecule has 0 spiro atoms. The Morgan fingerprint density at radius 2 is 2.00 bits per heavy atom. The van der Waals surface area contributed by atoms with Gasteiger partial charge in [0.05, 0.1) is 12.6 Å². The fourth-order valence-electron chi connectivity index (χ4n) is 1.05. The summed E-state index contributed by atoms with van der Waals surface area (Å²) in [6, 6.07) is 7.46. The van der Waals surface area contributed by atoms with Crippen molar-refractivity contribution in [3.63, 3.8) is 0 Å². The molecule has 0 radical (unpaired) electrons. The molecule has 72 valence electrons. The molecule has 0 heterocycles. The van der Waals surface area contributed by atoms with Gasteiger partial charge in [0.1, 0.15) is 0 Å². The second kappa shape index (κ2) is 5.22. The molecule has 0 aliphatic carbocycles. The first-order valence-corrected chi connectivity index (χ1v) is 4.70. The van der Waals surface area contributed by atoms with Crippen LogP contribution in [-0.2, 0) is 4.74 Å². The highest BCUT2D eigenvalue weighted by atomic mass is 35.5. The van der Waals surface area contributed by atoms with Crippen molar-refractivity contribution in [1.82, 2.24) is 0 Å². The van der Waals surface area contributed by atoms with E-state index in [2.05, 4.69) is 0 Å². The molecule has 0 saturated heterocycles. The summed E-state index contributed by atoms with van der Waals surface area (Å²) in [6.45, 7) is 3.20. The number of nitrogens with two attached hydrogens (primary N) is 1. The lowest BCUT2D eigenvalue weighted by Gasteiger charge is -2.11. The molecular weight excluding hydrogens is 186 g/mol. The molecule has 0 bridgehead atoms. The molecule has 1 rings (SSSR count). The number of hydrogen-bond acceptors (Lipinski definition) is 2. The third-order valence-corrected chi connectivity index (χ3v) is 2.05. The molecule has 0 fully saturated rings. The fourth-order valence-corrected chi connectivity index (χ4v) is 1.18. The second-order valence-corrected chi connectivity index (χ2v) is 3.25. The number of rotatable bonds is 4. The number of benzene rings is 1. The summed E-state index contributed by atoms with van der Waals surface area (Å²) in [5.41, 5.74) is 6.92. The van der Waals surface area contributed by atoms with Gasteiger partial charge in [-0.2, -0.15) is 0 Å². The van der Waals surface area contributed by atoms with Crippen molar-refractivity contribution < 1.29 is 4.74 Å². The van der Waals surface area contributed by atoms with Gasteiger partial charge in [0.15, 0.2) is 0 Å². The van der Waals surface area contributed by atoms with E-state index in [0.717, 1.165) is 10.6 Å². The zero-order chi connectivity index (χ0) is 9.68. The molecular formula is C10H14ClNO. The van der Waals surface area contributed by atoms with Crippen molar-refractivity contribution in [2.45, 2.75) is 13.0 Å². The summed E-state index contributed by atoms with van der Waals surface area (Å²) in [4.78, 5) is 0. The van der Waals surface area contributed by atoms with E-state index in [1.807, 2.05) is 31.2 Å². The van der Waals surface area contributed by atoms with Crippen LogP contribution in [0.4, 0.5) is 0 Å². The van der Waals surface area contributed by atoms with Gasteiger partial charge in [-0.05, 0) is 24.6 Å². The number of halogens is 1. The van der Waals surface area contributed by atoms with Gasteiger partial charge in [0.25, 0.3) is 0 Å². The first-order valence-electron chi connectivity index (χ1n) is 4.33. The lowest BCUT2D eigenvalue weighted by atomic mass is 10.1. The lowest BCUT2D eigenvalue weighted by molar-refractivity contribution is 0.133. The van der Waals surface area contributed by atoms with E-state index >= 15 is 0 Å². The zero-order valence-corrected chi connectivity index (χ0v) is 8.42. The van der Waals surface area contributed by atoms with Crippen LogP contribution in [-0.4, -0.2) is 13.2 Å². The molecule has 2 nitrogen and oxygen atoms in total. The lowest BCUT2D eigenvalue weighted by Crippen LogP contribution is -2.16. The Hall–Kier alpha value is -0.570. The molecule has 3 heteroatoms. The van der Waals surface area contributed by atoms with Gasteiger partial charge in [0, 0.05) is 11.6 Å². The molecule has 2 N–H and O–H groups in total. The van der Waals surface area contributed by atoms with Crippen molar-refractivity contribution >= 4 is 11.6 Å². The molecule has 0 aliphatic rings. The maximum atomic E-state index is 5.86. The minimum absolute atomic E-state index is 0.0581. The molecule has 0 aromatic heterocycles. The summed E-state index contributed by atoms with van der Waals surface area (Å²) in [5, 5.41) is 0.729. The van der Waals surface area contributed by atoms with Gasteiger partial charge in [-0.25, -0.2) is 0 Å². The van der Waals surface area contributed by atoms with Gasteiger partial charge in [-0.3, -0.25) is 0 Å². The quantitative estimate of drug-likeness (QED) is 0.808. The predicted molar refractivity (Wildman–Crippen MR) is 54.9 cm³/mol. The minimum Gasteiger partial charge on any atom is -0.380 e. The highest BCUT2D eigenvalue weighted by molar-refractivity contribution is 6.30. The largest absolute Gasteiger partial charge is 0.380 e. The summed E-state index contributed by atoms with van der Waals surface area (Å²) >= 11 is 5.75. The standard InChI is InChI=1S/C10H14ClNO/c1-2-13-7-10(12)8-3-5-9(11)6-4-8/h3-6,10H,2,7,12H2,1H3. The first kappa shape index (κ1) is 10.5. The highest BCUT2D eigenvalue weighted by Gasteiger charge is 2.04. The van der Waals surface area contributed by atoms with E-state index in [0.29, 0.717) is 13.2 Å². The molecule has 0 aliphatic heterocycles. The molecule has 1 unspecified atom stereocenters. The summed E-state index contributed by atoms with van der Waals surface area (Å²) in [7, 11) is 0. The Balaban J connectivity index is 2.55. The van der Waals surface area contributed by atoms with E-state index in [9.17, 15) is 0 Å². The Labute approximate surface area is 83.6 Å². The van der Waals surface area contributed by atoms with Crippen molar-refractivity contribution in [2.75, 3.05) is 13.2 Å². The molecule has 1 aromatic carbocycles. The Morgan fingerprint density at radius 3 is 2.54 bits per heavy atom. The van der Waals surface area contributed by atoms with E-state index < -0.39 is 0 Å². The van der Waals surface area contributed by atoms with Gasteiger partial charge >= 0.3 is 0 Å². The van der Waals surface area contributed by atoms with Crippen LogP contribution >= 0.6 is 11.6 Å². The van der Waals surface area contributed by atoms with E-state index in [1.54, 1.807) is 0 Å². The van der Waals surface area contributed by atoms with Gasteiger partial charge in [-0.15, -0.1) is 0 Å². The van der Waals surface area contributed by atoms with Crippen molar-refractivity contribution in [1.29, 1.82) is 0 Å². The smallest absolute Gasteiger partial charge is 0.0659 e. The minimum atomic E-state index is -0.0581. The van der Waals surface area contributed by atoms with Gasteiger partial charge in [0.2, 0.25) is 0 Å². The monoisotopic (exact) mass is 199 g/mol. The van der Waals surface area contributed by atoms with Gasteiger partial charge in [-0.1, -0.05) is 23.7 Å². The van der Waals surface area contributed by atoms with Crippen LogP contribution in [0.5, 0.6) is 0 Å². The van der Waals surface area contributed by atoms with E-state index in [-0.39, 0.29) is 6.04 Å². The van der Waals surface area contributed by atoms with Gasteiger partial charge < -0.3 is 10.5 Å².